The quantitative estimate of drug-likeness (QED) is 0.652. The number of likely N-dealkylation sites (tertiary alicyclic amines) is 3. The number of nitrogens with one attached hydrogen (secondary N) is 1. The van der Waals surface area contributed by atoms with Gasteiger partial charge in [0.25, 0.3) is 5.91 Å². The van der Waals surface area contributed by atoms with Crippen LogP contribution in [0.3, 0.4) is 0 Å². The Labute approximate surface area is 204 Å². The van der Waals surface area contributed by atoms with Crippen LogP contribution < -0.4 is 5.32 Å². The summed E-state index contributed by atoms with van der Waals surface area (Å²) in [4.78, 5) is 35.2. The van der Waals surface area contributed by atoms with Gasteiger partial charge in [-0.1, -0.05) is 43.2 Å². The van der Waals surface area contributed by atoms with Crippen molar-refractivity contribution in [3.8, 4) is 0 Å². The van der Waals surface area contributed by atoms with Crippen LogP contribution in [0.25, 0.3) is 0 Å². The van der Waals surface area contributed by atoms with Gasteiger partial charge in [0, 0.05) is 32.7 Å². The molecule has 0 radical (unpaired) electrons. The number of benzene rings is 1. The summed E-state index contributed by atoms with van der Waals surface area (Å²) in [5, 5.41) is 3.11. The van der Waals surface area contributed by atoms with Gasteiger partial charge in [-0.05, 0) is 69.6 Å². The number of hydrogen-bond acceptors (Lipinski definition) is 5. The third-order valence-corrected chi connectivity index (χ3v) is 8.33. The minimum atomic E-state index is -0.755. The predicted octanol–water partition coefficient (Wildman–Crippen LogP) is 3.12. The molecule has 7 nitrogen and oxygen atoms in total. The smallest absolute Gasteiger partial charge is 0.322 e. The summed E-state index contributed by atoms with van der Waals surface area (Å²) in [5.74, 6) is 0.718. The Balaban J connectivity index is 1.13. The molecule has 4 aliphatic heterocycles. The van der Waals surface area contributed by atoms with Crippen molar-refractivity contribution in [1.29, 1.82) is 0 Å². The lowest BCUT2D eigenvalue weighted by Gasteiger charge is -2.39. The molecule has 1 spiro atoms. The van der Waals surface area contributed by atoms with E-state index in [1.54, 1.807) is 0 Å². The molecule has 0 bridgehead atoms. The van der Waals surface area contributed by atoms with Crippen molar-refractivity contribution in [1.82, 2.24) is 24.9 Å². The normalized spacial score (nSPS) is 28.4. The summed E-state index contributed by atoms with van der Waals surface area (Å²) in [6.45, 7) is 8.49. The molecule has 186 valence electrons. The van der Waals surface area contributed by atoms with E-state index in [0.29, 0.717) is 13.2 Å². The van der Waals surface area contributed by atoms with Crippen LogP contribution in [-0.2, 0) is 11.3 Å². The van der Waals surface area contributed by atoms with E-state index in [1.165, 1.54) is 55.8 Å². The maximum atomic E-state index is 13.5. The Kier molecular flexibility index (Phi) is 7.52. The van der Waals surface area contributed by atoms with Gasteiger partial charge in [-0.15, -0.1) is 0 Å². The number of carbonyl (C=O) groups is 2. The largest absolute Gasteiger partial charge is 0.326 e. The van der Waals surface area contributed by atoms with Crippen molar-refractivity contribution < 1.29 is 9.59 Å². The van der Waals surface area contributed by atoms with Crippen LogP contribution >= 0.6 is 0 Å². The fraction of sp³-hybridized carbons (Fsp3) is 0.704. The second kappa shape index (κ2) is 10.8. The maximum absolute atomic E-state index is 13.5. The van der Waals surface area contributed by atoms with Gasteiger partial charge in [-0.2, -0.15) is 0 Å². The lowest BCUT2D eigenvalue weighted by molar-refractivity contribution is -0.135. The summed E-state index contributed by atoms with van der Waals surface area (Å²) in [7, 11) is 0. The number of piperidine rings is 2. The fourth-order valence-electron chi connectivity index (χ4n) is 6.40. The molecular formula is C27H41N5O2. The highest BCUT2D eigenvalue weighted by Gasteiger charge is 2.53. The molecule has 1 aromatic carbocycles. The lowest BCUT2D eigenvalue weighted by Crippen LogP contribution is -2.58. The van der Waals surface area contributed by atoms with Crippen LogP contribution in [0.15, 0.2) is 30.3 Å². The summed E-state index contributed by atoms with van der Waals surface area (Å²) in [6.07, 6.45) is 9.43. The predicted molar refractivity (Wildman–Crippen MR) is 133 cm³/mol. The Morgan fingerprint density at radius 3 is 2.26 bits per heavy atom. The molecule has 1 atom stereocenters. The van der Waals surface area contributed by atoms with Crippen LogP contribution in [0.4, 0.5) is 4.79 Å². The minimum Gasteiger partial charge on any atom is -0.322 e. The van der Waals surface area contributed by atoms with Crippen molar-refractivity contribution in [3.63, 3.8) is 0 Å². The number of amides is 3. The van der Waals surface area contributed by atoms with Crippen molar-refractivity contribution in [2.45, 2.75) is 63.5 Å². The molecule has 0 aliphatic carbocycles. The SMILES string of the molecule is O=C1NC2(CCCN(Cc3ccccc3)C2)C(=O)N1CN1CCC(CN2CCCCCC2)CC1. The minimum absolute atomic E-state index is 0.0260. The molecule has 4 saturated heterocycles. The molecule has 5 rings (SSSR count). The van der Waals surface area contributed by atoms with Crippen molar-refractivity contribution in [2.24, 2.45) is 5.92 Å². The summed E-state index contributed by atoms with van der Waals surface area (Å²) < 4.78 is 0. The van der Waals surface area contributed by atoms with Crippen molar-refractivity contribution >= 4 is 11.9 Å². The van der Waals surface area contributed by atoms with Crippen LogP contribution in [-0.4, -0.2) is 89.6 Å². The second-order valence-electron chi connectivity index (χ2n) is 11.0. The lowest BCUT2D eigenvalue weighted by atomic mass is 9.88. The number of imide groups is 1. The number of carbonyl (C=O) groups excluding carboxylic acids is 2. The Morgan fingerprint density at radius 2 is 1.53 bits per heavy atom. The summed E-state index contributed by atoms with van der Waals surface area (Å²) in [6, 6.07) is 10.2. The molecule has 0 saturated carbocycles. The number of rotatable bonds is 6. The van der Waals surface area contributed by atoms with Gasteiger partial charge < -0.3 is 10.2 Å². The zero-order valence-electron chi connectivity index (χ0n) is 20.6. The average Bonchev–Trinajstić information content (AvgIpc) is 3.02. The number of nitrogens with zero attached hydrogens (tertiary/aromatic N) is 4. The molecular weight excluding hydrogens is 426 g/mol. The standard InChI is InChI=1S/C27H41N5O2/c33-25-27(13-8-16-31(21-27)20-23-9-4-3-5-10-23)28-26(34)32(25)22-30-17-11-24(12-18-30)19-29-14-6-1-2-7-15-29/h3-5,9-10,24H,1-2,6-8,11-22H2,(H,28,34). The molecule has 4 heterocycles. The molecule has 34 heavy (non-hydrogen) atoms. The highest BCUT2D eigenvalue weighted by Crippen LogP contribution is 2.30. The fourth-order valence-corrected chi connectivity index (χ4v) is 6.40. The van der Waals surface area contributed by atoms with Crippen molar-refractivity contribution in [3.05, 3.63) is 35.9 Å². The van der Waals surface area contributed by atoms with Gasteiger partial charge >= 0.3 is 6.03 Å². The summed E-state index contributed by atoms with van der Waals surface area (Å²) in [5.41, 5.74) is 0.492. The van der Waals surface area contributed by atoms with E-state index in [0.717, 1.165) is 57.8 Å². The van der Waals surface area contributed by atoms with Gasteiger partial charge in [0.05, 0.1) is 6.67 Å². The molecule has 1 aromatic rings. The Morgan fingerprint density at radius 1 is 0.824 bits per heavy atom. The maximum Gasteiger partial charge on any atom is 0.326 e. The van der Waals surface area contributed by atoms with Gasteiger partial charge in [-0.25, -0.2) is 9.69 Å². The van der Waals surface area contributed by atoms with E-state index in [2.05, 4.69) is 44.3 Å². The van der Waals surface area contributed by atoms with E-state index < -0.39 is 5.54 Å². The second-order valence-corrected chi connectivity index (χ2v) is 11.0. The third-order valence-electron chi connectivity index (χ3n) is 8.33. The van der Waals surface area contributed by atoms with E-state index in [9.17, 15) is 9.59 Å². The number of hydrogen-bond donors (Lipinski definition) is 1. The van der Waals surface area contributed by atoms with Gasteiger partial charge in [0.2, 0.25) is 0 Å². The first-order valence-corrected chi connectivity index (χ1v) is 13.5. The van der Waals surface area contributed by atoms with E-state index >= 15 is 0 Å². The van der Waals surface area contributed by atoms with E-state index in [4.69, 9.17) is 0 Å². The molecule has 3 amide bonds. The van der Waals surface area contributed by atoms with E-state index in [-0.39, 0.29) is 11.9 Å². The molecule has 7 heteroatoms. The van der Waals surface area contributed by atoms with Crippen LogP contribution in [0.2, 0.25) is 0 Å². The Bertz CT molecular complexity index is 833. The monoisotopic (exact) mass is 467 g/mol. The topological polar surface area (TPSA) is 59.1 Å². The highest BCUT2D eigenvalue weighted by molar-refractivity contribution is 6.07. The molecule has 0 aromatic heterocycles. The Hall–Kier alpha value is -1.96. The first kappa shape index (κ1) is 23.8. The van der Waals surface area contributed by atoms with Gasteiger partial charge in [0.15, 0.2) is 0 Å². The van der Waals surface area contributed by atoms with Gasteiger partial charge in [-0.3, -0.25) is 14.6 Å². The molecule has 1 N–H and O–H groups in total. The average molecular weight is 468 g/mol. The van der Waals surface area contributed by atoms with Crippen LogP contribution in [0, 0.1) is 5.92 Å². The number of urea groups is 1. The van der Waals surface area contributed by atoms with E-state index in [1.807, 2.05) is 6.07 Å². The first-order chi connectivity index (χ1) is 16.6. The zero-order chi connectivity index (χ0) is 23.4. The molecule has 1 unspecified atom stereocenters. The molecule has 4 fully saturated rings. The van der Waals surface area contributed by atoms with Crippen LogP contribution in [0.5, 0.6) is 0 Å². The zero-order valence-corrected chi connectivity index (χ0v) is 20.6. The van der Waals surface area contributed by atoms with Crippen molar-refractivity contribution in [2.75, 3.05) is 52.5 Å². The van der Waals surface area contributed by atoms with Crippen LogP contribution in [0.1, 0.15) is 56.9 Å². The third kappa shape index (κ3) is 5.47. The van der Waals surface area contributed by atoms with Gasteiger partial charge in [0.1, 0.15) is 5.54 Å². The molecule has 4 aliphatic rings. The summed E-state index contributed by atoms with van der Waals surface area (Å²) >= 11 is 0. The highest BCUT2D eigenvalue weighted by atomic mass is 16.2. The first-order valence-electron chi connectivity index (χ1n) is 13.5.